The van der Waals surface area contributed by atoms with E-state index in [-0.39, 0.29) is 5.76 Å². The van der Waals surface area contributed by atoms with Crippen molar-refractivity contribution in [3.05, 3.63) is 53.0 Å². The standard InChI is InChI=1S/C13H9ClN2O3/c14-10-5-15-16(7-10)6-8-1-2-11-9(3-8)4-12(19-11)13(17)18/h1-5,7H,6H2,(H,17,18). The minimum absolute atomic E-state index is 0.0608. The number of carbonyl (C=O) groups is 1. The van der Waals surface area contributed by atoms with Crippen molar-refractivity contribution in [1.82, 2.24) is 9.78 Å². The summed E-state index contributed by atoms with van der Waals surface area (Å²) in [6.07, 6.45) is 3.30. The fraction of sp³-hybridized carbons (Fsp3) is 0.0769. The molecule has 5 nitrogen and oxygen atoms in total. The first kappa shape index (κ1) is 11.8. The van der Waals surface area contributed by atoms with Gasteiger partial charge in [0.25, 0.3) is 0 Å². The highest BCUT2D eigenvalue weighted by Gasteiger charge is 2.10. The highest BCUT2D eigenvalue weighted by molar-refractivity contribution is 6.30. The number of hydrogen-bond donors (Lipinski definition) is 1. The van der Waals surface area contributed by atoms with Crippen molar-refractivity contribution in [2.75, 3.05) is 0 Å². The fourth-order valence-electron chi connectivity index (χ4n) is 1.91. The third-order valence-electron chi connectivity index (χ3n) is 2.74. The van der Waals surface area contributed by atoms with Crippen molar-refractivity contribution in [2.24, 2.45) is 0 Å². The van der Waals surface area contributed by atoms with Crippen molar-refractivity contribution < 1.29 is 14.3 Å². The molecule has 2 aromatic heterocycles. The van der Waals surface area contributed by atoms with Gasteiger partial charge in [0.2, 0.25) is 5.76 Å². The Labute approximate surface area is 113 Å². The molecule has 6 heteroatoms. The summed E-state index contributed by atoms with van der Waals surface area (Å²) >= 11 is 5.80. The summed E-state index contributed by atoms with van der Waals surface area (Å²) in [7, 11) is 0. The summed E-state index contributed by atoms with van der Waals surface area (Å²) in [6.45, 7) is 0.566. The van der Waals surface area contributed by atoms with Crippen LogP contribution in [0.2, 0.25) is 5.02 Å². The van der Waals surface area contributed by atoms with Gasteiger partial charge in [-0.25, -0.2) is 4.79 Å². The number of furan rings is 1. The Balaban J connectivity index is 1.94. The van der Waals surface area contributed by atoms with Gasteiger partial charge in [-0.1, -0.05) is 17.7 Å². The third-order valence-corrected chi connectivity index (χ3v) is 2.93. The van der Waals surface area contributed by atoms with Crippen LogP contribution in [0.25, 0.3) is 11.0 Å². The van der Waals surface area contributed by atoms with Gasteiger partial charge in [-0.15, -0.1) is 0 Å². The normalized spacial score (nSPS) is 11.0. The number of fused-ring (bicyclic) bond motifs is 1. The molecule has 2 heterocycles. The van der Waals surface area contributed by atoms with E-state index in [0.717, 1.165) is 10.9 Å². The second-order valence-electron chi connectivity index (χ2n) is 4.14. The summed E-state index contributed by atoms with van der Waals surface area (Å²) in [5, 5.41) is 14.3. The minimum atomic E-state index is -1.07. The largest absolute Gasteiger partial charge is 0.475 e. The third kappa shape index (κ3) is 2.32. The zero-order valence-corrected chi connectivity index (χ0v) is 10.5. The lowest BCUT2D eigenvalue weighted by molar-refractivity contribution is 0.0665. The molecule has 0 radical (unpaired) electrons. The molecule has 0 aliphatic carbocycles. The zero-order chi connectivity index (χ0) is 13.4. The second-order valence-corrected chi connectivity index (χ2v) is 4.58. The van der Waals surface area contributed by atoms with Gasteiger partial charge < -0.3 is 9.52 Å². The van der Waals surface area contributed by atoms with Crippen LogP contribution < -0.4 is 0 Å². The first-order valence-corrected chi connectivity index (χ1v) is 5.93. The molecule has 0 amide bonds. The number of aromatic nitrogens is 2. The van der Waals surface area contributed by atoms with E-state index in [9.17, 15) is 4.79 Å². The maximum atomic E-state index is 10.8. The Bertz CT molecular complexity index is 760. The first-order chi connectivity index (χ1) is 9.11. The maximum Gasteiger partial charge on any atom is 0.371 e. The van der Waals surface area contributed by atoms with Crippen LogP contribution in [0.1, 0.15) is 16.1 Å². The van der Waals surface area contributed by atoms with E-state index in [1.54, 1.807) is 23.1 Å². The van der Waals surface area contributed by atoms with Crippen molar-refractivity contribution in [2.45, 2.75) is 6.54 Å². The van der Waals surface area contributed by atoms with Gasteiger partial charge in [0, 0.05) is 11.6 Å². The first-order valence-electron chi connectivity index (χ1n) is 5.55. The quantitative estimate of drug-likeness (QED) is 0.798. The molecule has 0 saturated heterocycles. The lowest BCUT2D eigenvalue weighted by atomic mass is 10.1. The van der Waals surface area contributed by atoms with Crippen molar-refractivity contribution in [1.29, 1.82) is 0 Å². The Morgan fingerprint density at radius 3 is 2.95 bits per heavy atom. The van der Waals surface area contributed by atoms with Crippen molar-refractivity contribution in [3.8, 4) is 0 Å². The Morgan fingerprint density at radius 2 is 2.26 bits per heavy atom. The number of carboxylic acid groups (broad SMARTS) is 1. The second kappa shape index (κ2) is 4.44. The van der Waals surface area contributed by atoms with Crippen LogP contribution in [0.3, 0.4) is 0 Å². The highest BCUT2D eigenvalue weighted by Crippen LogP contribution is 2.21. The molecule has 96 valence electrons. The van der Waals surface area contributed by atoms with Gasteiger partial charge in [-0.05, 0) is 23.8 Å². The maximum absolute atomic E-state index is 10.8. The molecule has 3 rings (SSSR count). The summed E-state index contributed by atoms with van der Waals surface area (Å²) in [5.41, 5.74) is 1.55. The molecule has 0 saturated carbocycles. The Kier molecular flexibility index (Phi) is 2.76. The number of aromatic carboxylic acids is 1. The molecule has 0 fully saturated rings. The van der Waals surface area contributed by atoms with Gasteiger partial charge in [-0.2, -0.15) is 5.10 Å². The summed E-state index contributed by atoms with van der Waals surface area (Å²) < 4.78 is 6.91. The molecular weight excluding hydrogens is 268 g/mol. The molecule has 19 heavy (non-hydrogen) atoms. The van der Waals surface area contributed by atoms with Gasteiger partial charge in [0.15, 0.2) is 0 Å². The summed E-state index contributed by atoms with van der Waals surface area (Å²) in [6, 6.07) is 7.01. The minimum Gasteiger partial charge on any atom is -0.475 e. The molecule has 3 aromatic rings. The lowest BCUT2D eigenvalue weighted by Crippen LogP contribution is -1.99. The van der Waals surface area contributed by atoms with Gasteiger partial charge >= 0.3 is 5.97 Å². The van der Waals surface area contributed by atoms with Gasteiger partial charge in [-0.3, -0.25) is 4.68 Å². The van der Waals surface area contributed by atoms with E-state index in [4.69, 9.17) is 21.1 Å². The summed E-state index contributed by atoms with van der Waals surface area (Å²) in [4.78, 5) is 10.8. The molecular formula is C13H9ClN2O3. The number of benzene rings is 1. The van der Waals surface area contributed by atoms with Gasteiger partial charge in [0.1, 0.15) is 5.58 Å². The van der Waals surface area contributed by atoms with Crippen molar-refractivity contribution >= 4 is 28.5 Å². The number of hydrogen-bond acceptors (Lipinski definition) is 3. The Morgan fingerprint density at radius 1 is 1.42 bits per heavy atom. The van der Waals surface area contributed by atoms with E-state index in [1.807, 2.05) is 12.1 Å². The van der Waals surface area contributed by atoms with E-state index in [0.29, 0.717) is 17.2 Å². The molecule has 0 atom stereocenters. The molecule has 1 N–H and O–H groups in total. The van der Waals surface area contributed by atoms with Crippen LogP contribution in [-0.2, 0) is 6.54 Å². The predicted octanol–water partition coefficient (Wildman–Crippen LogP) is 3.03. The van der Waals surface area contributed by atoms with E-state index >= 15 is 0 Å². The van der Waals surface area contributed by atoms with E-state index in [1.165, 1.54) is 6.07 Å². The number of carboxylic acids is 1. The number of nitrogens with zero attached hydrogens (tertiary/aromatic N) is 2. The number of rotatable bonds is 3. The SMILES string of the molecule is O=C(O)c1cc2cc(Cn3cc(Cl)cn3)ccc2o1. The van der Waals surface area contributed by atoms with Crippen LogP contribution in [0.5, 0.6) is 0 Å². The highest BCUT2D eigenvalue weighted by atomic mass is 35.5. The average Bonchev–Trinajstić information content (AvgIpc) is 2.95. The molecule has 0 unspecified atom stereocenters. The monoisotopic (exact) mass is 276 g/mol. The fourth-order valence-corrected chi connectivity index (χ4v) is 2.06. The predicted molar refractivity (Wildman–Crippen MR) is 69.5 cm³/mol. The van der Waals surface area contributed by atoms with Crippen LogP contribution >= 0.6 is 11.6 Å². The average molecular weight is 277 g/mol. The molecule has 1 aromatic carbocycles. The Hall–Kier alpha value is -2.27. The van der Waals surface area contributed by atoms with Gasteiger partial charge in [0.05, 0.1) is 17.8 Å². The van der Waals surface area contributed by atoms with Crippen LogP contribution in [0.15, 0.2) is 41.1 Å². The molecule has 0 aliphatic rings. The van der Waals surface area contributed by atoms with Crippen LogP contribution in [-0.4, -0.2) is 20.9 Å². The summed E-state index contributed by atoms with van der Waals surface area (Å²) in [5.74, 6) is -1.13. The van der Waals surface area contributed by atoms with Crippen LogP contribution in [0, 0.1) is 0 Å². The van der Waals surface area contributed by atoms with Crippen molar-refractivity contribution in [3.63, 3.8) is 0 Å². The molecule has 0 aliphatic heterocycles. The van der Waals surface area contributed by atoms with E-state index in [2.05, 4.69) is 5.10 Å². The molecule has 0 spiro atoms. The smallest absolute Gasteiger partial charge is 0.371 e. The molecule has 0 bridgehead atoms. The lowest BCUT2D eigenvalue weighted by Gasteiger charge is -2.01. The topological polar surface area (TPSA) is 68.3 Å². The van der Waals surface area contributed by atoms with E-state index < -0.39 is 5.97 Å². The number of halogens is 1. The van der Waals surface area contributed by atoms with Crippen LogP contribution in [0.4, 0.5) is 0 Å². The zero-order valence-electron chi connectivity index (χ0n) is 9.71.